The third-order valence-electron chi connectivity index (χ3n) is 6.17. The third-order valence-corrected chi connectivity index (χ3v) is 6.17. The zero-order valence-electron chi connectivity index (χ0n) is 14.8. The fraction of sp³-hybridized carbons (Fsp3) is 0.455. The summed E-state index contributed by atoms with van der Waals surface area (Å²) in [7, 11) is 0. The van der Waals surface area contributed by atoms with Gasteiger partial charge < -0.3 is 9.80 Å². The number of quaternary nitrogens is 1. The largest absolute Gasteiger partial charge is 0.358 e. The molecule has 2 aliphatic rings. The molecule has 2 nitrogen and oxygen atoms in total. The van der Waals surface area contributed by atoms with Crippen LogP contribution in [0.2, 0.25) is 0 Å². The van der Waals surface area contributed by atoms with Crippen LogP contribution in [0.25, 0.3) is 0 Å². The van der Waals surface area contributed by atoms with Gasteiger partial charge in [0.25, 0.3) is 0 Å². The zero-order chi connectivity index (χ0) is 17.1. The van der Waals surface area contributed by atoms with Gasteiger partial charge in [-0.25, -0.2) is 4.39 Å². The van der Waals surface area contributed by atoms with E-state index in [-0.39, 0.29) is 5.82 Å². The molecule has 0 unspecified atom stereocenters. The standard InChI is InChI=1S/C22H27FN2/c23-21-8-4-5-9-22(21)25-16-14-24(15-17-25)20-12-10-19(11-13-20)18-6-2-1-3-7-18/h1-9,19-20H,10-17H2/p+1. The van der Waals surface area contributed by atoms with Gasteiger partial charge in [0, 0.05) is 0 Å². The molecule has 0 spiro atoms. The van der Waals surface area contributed by atoms with E-state index in [0.717, 1.165) is 43.8 Å². The van der Waals surface area contributed by atoms with Gasteiger partial charge in [0.05, 0.1) is 37.9 Å². The molecule has 2 aromatic rings. The maximum absolute atomic E-state index is 14.0. The van der Waals surface area contributed by atoms with Crippen molar-refractivity contribution < 1.29 is 9.29 Å². The van der Waals surface area contributed by atoms with Crippen LogP contribution >= 0.6 is 0 Å². The number of benzene rings is 2. The van der Waals surface area contributed by atoms with Gasteiger partial charge in [-0.3, -0.25) is 0 Å². The number of nitrogens with zero attached hydrogens (tertiary/aromatic N) is 1. The van der Waals surface area contributed by atoms with Crippen LogP contribution in [-0.2, 0) is 0 Å². The van der Waals surface area contributed by atoms with Crippen molar-refractivity contribution in [3.05, 3.63) is 66.0 Å². The monoisotopic (exact) mass is 339 g/mol. The Balaban J connectivity index is 1.30. The van der Waals surface area contributed by atoms with Gasteiger partial charge in [-0.15, -0.1) is 0 Å². The van der Waals surface area contributed by atoms with Crippen LogP contribution < -0.4 is 9.80 Å². The van der Waals surface area contributed by atoms with E-state index in [2.05, 4.69) is 35.2 Å². The fourth-order valence-electron chi connectivity index (χ4n) is 4.71. The van der Waals surface area contributed by atoms with E-state index >= 15 is 0 Å². The Kier molecular flexibility index (Phi) is 5.02. The first kappa shape index (κ1) is 16.6. The van der Waals surface area contributed by atoms with Crippen molar-refractivity contribution in [2.24, 2.45) is 0 Å². The summed E-state index contributed by atoms with van der Waals surface area (Å²) in [6.45, 7) is 4.20. The van der Waals surface area contributed by atoms with Crippen LogP contribution in [0.3, 0.4) is 0 Å². The molecule has 2 aromatic carbocycles. The highest BCUT2D eigenvalue weighted by atomic mass is 19.1. The average Bonchev–Trinajstić information content (AvgIpc) is 2.69. The number of halogens is 1. The van der Waals surface area contributed by atoms with Crippen molar-refractivity contribution in [2.45, 2.75) is 37.6 Å². The molecular weight excluding hydrogens is 311 g/mol. The van der Waals surface area contributed by atoms with Crippen molar-refractivity contribution in [3.63, 3.8) is 0 Å². The van der Waals surface area contributed by atoms with Crippen LogP contribution in [0.15, 0.2) is 54.6 Å². The maximum Gasteiger partial charge on any atom is 0.146 e. The molecule has 1 heterocycles. The van der Waals surface area contributed by atoms with E-state index in [1.807, 2.05) is 12.1 Å². The van der Waals surface area contributed by atoms with E-state index in [1.54, 1.807) is 17.0 Å². The van der Waals surface area contributed by atoms with Gasteiger partial charge in [-0.05, 0) is 49.3 Å². The lowest BCUT2D eigenvalue weighted by Gasteiger charge is -2.40. The molecular formula is C22H28FN2+. The van der Waals surface area contributed by atoms with Crippen molar-refractivity contribution in [2.75, 3.05) is 31.1 Å². The van der Waals surface area contributed by atoms with Gasteiger partial charge in [0.2, 0.25) is 0 Å². The lowest BCUT2D eigenvalue weighted by Crippen LogP contribution is -3.18. The smallest absolute Gasteiger partial charge is 0.146 e. The van der Waals surface area contributed by atoms with Gasteiger partial charge in [0.1, 0.15) is 5.82 Å². The van der Waals surface area contributed by atoms with Gasteiger partial charge in [0.15, 0.2) is 0 Å². The van der Waals surface area contributed by atoms with Crippen LogP contribution in [0.1, 0.15) is 37.2 Å². The summed E-state index contributed by atoms with van der Waals surface area (Å²) in [6, 6.07) is 19.0. The Morgan fingerprint density at radius 3 is 2.12 bits per heavy atom. The third kappa shape index (κ3) is 3.72. The molecule has 0 radical (unpaired) electrons. The molecule has 1 aliphatic heterocycles. The first-order valence-corrected chi connectivity index (χ1v) is 9.70. The van der Waals surface area contributed by atoms with Crippen LogP contribution in [0.5, 0.6) is 0 Å². The number of nitrogens with one attached hydrogen (secondary N) is 1. The lowest BCUT2D eigenvalue weighted by molar-refractivity contribution is -0.927. The van der Waals surface area contributed by atoms with E-state index in [4.69, 9.17) is 0 Å². The minimum Gasteiger partial charge on any atom is -0.358 e. The minimum atomic E-state index is -0.0886. The first-order chi connectivity index (χ1) is 12.3. The van der Waals surface area contributed by atoms with Crippen LogP contribution in [-0.4, -0.2) is 32.2 Å². The summed E-state index contributed by atoms with van der Waals surface area (Å²) in [6.07, 6.45) is 5.29. The molecule has 1 saturated carbocycles. The van der Waals surface area contributed by atoms with Gasteiger partial charge in [-0.2, -0.15) is 0 Å². The topological polar surface area (TPSA) is 7.68 Å². The molecule has 3 heteroatoms. The molecule has 2 fully saturated rings. The molecule has 0 aromatic heterocycles. The number of rotatable bonds is 3. The Labute approximate surface area is 150 Å². The van der Waals surface area contributed by atoms with Gasteiger partial charge in [-0.1, -0.05) is 42.5 Å². The summed E-state index contributed by atoms with van der Waals surface area (Å²) in [4.78, 5) is 3.95. The second kappa shape index (κ2) is 7.57. The normalized spacial score (nSPS) is 25.1. The number of hydrogen-bond acceptors (Lipinski definition) is 1. The van der Waals surface area contributed by atoms with Crippen molar-refractivity contribution in [3.8, 4) is 0 Å². The molecule has 0 amide bonds. The van der Waals surface area contributed by atoms with Crippen LogP contribution in [0, 0.1) is 5.82 Å². The lowest BCUT2D eigenvalue weighted by atomic mass is 9.81. The summed E-state index contributed by atoms with van der Waals surface area (Å²) in [5.74, 6) is 0.658. The zero-order valence-corrected chi connectivity index (χ0v) is 14.8. The summed E-state index contributed by atoms with van der Waals surface area (Å²) < 4.78 is 14.0. The Bertz CT molecular complexity index is 671. The molecule has 25 heavy (non-hydrogen) atoms. The van der Waals surface area contributed by atoms with Crippen molar-refractivity contribution >= 4 is 5.69 Å². The molecule has 1 saturated heterocycles. The average molecular weight is 339 g/mol. The van der Waals surface area contributed by atoms with E-state index < -0.39 is 0 Å². The Hall–Kier alpha value is -1.87. The number of piperazine rings is 1. The predicted octanol–water partition coefficient (Wildman–Crippen LogP) is 3.26. The van der Waals surface area contributed by atoms with Gasteiger partial charge >= 0.3 is 0 Å². The Morgan fingerprint density at radius 1 is 0.800 bits per heavy atom. The fourth-order valence-corrected chi connectivity index (χ4v) is 4.71. The molecule has 0 bridgehead atoms. The van der Waals surface area contributed by atoms with Crippen molar-refractivity contribution in [1.29, 1.82) is 0 Å². The molecule has 132 valence electrons. The second-order valence-corrected chi connectivity index (χ2v) is 7.56. The molecule has 0 atom stereocenters. The van der Waals surface area contributed by atoms with Crippen molar-refractivity contribution in [1.82, 2.24) is 0 Å². The molecule has 1 N–H and O–H groups in total. The highest BCUT2D eigenvalue weighted by Crippen LogP contribution is 2.32. The molecule has 4 rings (SSSR count). The summed E-state index contributed by atoms with van der Waals surface area (Å²) >= 11 is 0. The number of para-hydroxylation sites is 1. The SMILES string of the molecule is Fc1ccccc1N1CC[NH+](C2CCC(c3ccccc3)CC2)CC1. The Morgan fingerprint density at radius 2 is 1.44 bits per heavy atom. The predicted molar refractivity (Wildman–Crippen MR) is 101 cm³/mol. The van der Waals surface area contributed by atoms with E-state index in [9.17, 15) is 4.39 Å². The summed E-state index contributed by atoms with van der Waals surface area (Å²) in [5.41, 5.74) is 2.29. The highest BCUT2D eigenvalue weighted by molar-refractivity contribution is 5.47. The first-order valence-electron chi connectivity index (χ1n) is 9.70. The summed E-state index contributed by atoms with van der Waals surface area (Å²) in [5, 5.41) is 0. The number of anilines is 1. The quantitative estimate of drug-likeness (QED) is 0.902. The highest BCUT2D eigenvalue weighted by Gasteiger charge is 2.32. The maximum atomic E-state index is 14.0. The van der Waals surface area contributed by atoms with E-state index in [1.165, 1.54) is 31.2 Å². The molecule has 1 aliphatic carbocycles. The van der Waals surface area contributed by atoms with Crippen LogP contribution in [0.4, 0.5) is 10.1 Å². The minimum absolute atomic E-state index is 0.0886. The van der Waals surface area contributed by atoms with E-state index in [0.29, 0.717) is 0 Å². The number of hydrogen-bond donors (Lipinski definition) is 1. The second-order valence-electron chi connectivity index (χ2n) is 7.56.